The van der Waals surface area contributed by atoms with Crippen molar-refractivity contribution in [3.05, 3.63) is 89.7 Å². The molecule has 1 atom stereocenters. The summed E-state index contributed by atoms with van der Waals surface area (Å²) in [6, 6.07) is 19.6. The molecule has 1 amide bonds. The van der Waals surface area contributed by atoms with Crippen molar-refractivity contribution in [1.29, 1.82) is 0 Å². The van der Waals surface area contributed by atoms with Gasteiger partial charge in [0.2, 0.25) is 5.91 Å². The van der Waals surface area contributed by atoms with Gasteiger partial charge in [0.05, 0.1) is 10.6 Å². The van der Waals surface area contributed by atoms with E-state index in [0.717, 1.165) is 28.5 Å². The number of aryl methyl sites for hydroxylation is 1. The lowest BCUT2D eigenvalue weighted by Gasteiger charge is -2.32. The molecule has 3 aromatic carbocycles. The summed E-state index contributed by atoms with van der Waals surface area (Å²) in [4.78, 5) is 15.3. The maximum absolute atomic E-state index is 13.5. The third-order valence-corrected chi connectivity index (χ3v) is 8.25. The fourth-order valence-corrected chi connectivity index (χ4v) is 5.82. The number of anilines is 2. The molecular weight excluding hydrogens is 477 g/mol. The van der Waals surface area contributed by atoms with Gasteiger partial charge in [-0.2, -0.15) is 0 Å². The van der Waals surface area contributed by atoms with E-state index in [4.69, 9.17) is 0 Å². The summed E-state index contributed by atoms with van der Waals surface area (Å²) < 4.78 is 41.3. The number of piperidine rings is 1. The zero-order valence-electron chi connectivity index (χ0n) is 20.7. The van der Waals surface area contributed by atoms with Gasteiger partial charge in [-0.25, -0.2) is 12.8 Å². The molecule has 1 aliphatic heterocycles. The largest absolute Gasteiger partial charge is 0.371 e. The Morgan fingerprint density at radius 3 is 2.33 bits per heavy atom. The van der Waals surface area contributed by atoms with Crippen LogP contribution in [0.15, 0.2) is 77.7 Å². The third-order valence-electron chi connectivity index (χ3n) is 6.46. The zero-order chi connectivity index (χ0) is 25.7. The highest BCUT2D eigenvalue weighted by atomic mass is 32.2. The lowest BCUT2D eigenvalue weighted by molar-refractivity contribution is -0.119. The second-order valence-corrected chi connectivity index (χ2v) is 11.3. The van der Waals surface area contributed by atoms with Crippen LogP contribution in [0.2, 0.25) is 0 Å². The molecule has 0 bridgehead atoms. The Hall–Kier alpha value is -3.39. The van der Waals surface area contributed by atoms with Crippen molar-refractivity contribution in [3.8, 4) is 0 Å². The van der Waals surface area contributed by atoms with Crippen LogP contribution in [0, 0.1) is 18.7 Å². The van der Waals surface area contributed by atoms with Crippen molar-refractivity contribution in [2.75, 3.05) is 28.8 Å². The highest BCUT2D eigenvalue weighted by Gasteiger charge is 2.27. The average molecular weight is 510 g/mol. The molecule has 0 radical (unpaired) electrons. The summed E-state index contributed by atoms with van der Waals surface area (Å²) in [7, 11) is -4.04. The number of rotatable bonds is 8. The van der Waals surface area contributed by atoms with E-state index in [2.05, 4.69) is 29.3 Å². The van der Waals surface area contributed by atoms with Gasteiger partial charge in [-0.15, -0.1) is 0 Å². The number of hydrogen-bond donors (Lipinski definition) is 1. The second kappa shape index (κ2) is 11.1. The van der Waals surface area contributed by atoms with Crippen molar-refractivity contribution >= 4 is 27.3 Å². The number of benzene rings is 3. The molecule has 3 aromatic rings. The summed E-state index contributed by atoms with van der Waals surface area (Å²) in [6.07, 6.45) is 2.45. The fourth-order valence-electron chi connectivity index (χ4n) is 4.40. The van der Waals surface area contributed by atoms with Crippen molar-refractivity contribution in [2.45, 2.75) is 38.1 Å². The average Bonchev–Trinajstić information content (AvgIpc) is 2.87. The lowest BCUT2D eigenvalue weighted by Crippen LogP contribution is -2.40. The van der Waals surface area contributed by atoms with Gasteiger partial charge in [0.15, 0.2) is 0 Å². The summed E-state index contributed by atoms with van der Waals surface area (Å²) >= 11 is 0. The summed E-state index contributed by atoms with van der Waals surface area (Å²) in [5.74, 6) is -0.264. The molecule has 0 spiro atoms. The van der Waals surface area contributed by atoms with Gasteiger partial charge in [0.1, 0.15) is 12.4 Å². The monoisotopic (exact) mass is 509 g/mol. The molecule has 0 saturated carbocycles. The quantitative estimate of drug-likeness (QED) is 0.470. The number of nitrogens with one attached hydrogen (secondary N) is 1. The van der Waals surface area contributed by atoms with Crippen LogP contribution < -0.4 is 14.5 Å². The number of carbonyl (C=O) groups excluding carboxylic acids is 1. The van der Waals surface area contributed by atoms with Crippen molar-refractivity contribution in [2.24, 2.45) is 5.92 Å². The summed E-state index contributed by atoms with van der Waals surface area (Å²) in [5, 5.41) is 2.82. The highest BCUT2D eigenvalue weighted by molar-refractivity contribution is 7.92. The second-order valence-electron chi connectivity index (χ2n) is 9.44. The van der Waals surface area contributed by atoms with Crippen LogP contribution in [0.4, 0.5) is 15.8 Å². The molecule has 4 rings (SSSR count). The van der Waals surface area contributed by atoms with Gasteiger partial charge in [-0.3, -0.25) is 9.10 Å². The fraction of sp³-hybridized carbons (Fsp3) is 0.321. The van der Waals surface area contributed by atoms with Crippen LogP contribution >= 0.6 is 0 Å². The van der Waals surface area contributed by atoms with Crippen LogP contribution in [-0.4, -0.2) is 34.0 Å². The first-order valence-corrected chi connectivity index (χ1v) is 13.6. The number of hydrogen-bond acceptors (Lipinski definition) is 4. The Morgan fingerprint density at radius 1 is 1.03 bits per heavy atom. The Morgan fingerprint density at radius 2 is 1.69 bits per heavy atom. The van der Waals surface area contributed by atoms with Gasteiger partial charge >= 0.3 is 0 Å². The van der Waals surface area contributed by atoms with Crippen molar-refractivity contribution in [1.82, 2.24) is 5.32 Å². The molecule has 1 saturated heterocycles. The molecule has 1 unspecified atom stereocenters. The van der Waals surface area contributed by atoms with Gasteiger partial charge < -0.3 is 10.2 Å². The maximum atomic E-state index is 13.5. The molecular formula is C28H32FN3O3S. The van der Waals surface area contributed by atoms with Gasteiger partial charge in [0.25, 0.3) is 10.0 Å². The third kappa shape index (κ3) is 6.23. The normalized spacial score (nSPS) is 16.0. The molecule has 0 aromatic heterocycles. The molecule has 190 valence electrons. The number of amides is 1. The molecule has 8 heteroatoms. The Labute approximate surface area is 212 Å². The van der Waals surface area contributed by atoms with E-state index in [1.54, 1.807) is 12.1 Å². The predicted octanol–water partition coefficient (Wildman–Crippen LogP) is 4.88. The number of halogens is 1. The topological polar surface area (TPSA) is 69.7 Å². The van der Waals surface area contributed by atoms with Crippen molar-refractivity contribution in [3.63, 3.8) is 0 Å². The highest BCUT2D eigenvalue weighted by Crippen LogP contribution is 2.25. The minimum Gasteiger partial charge on any atom is -0.371 e. The summed E-state index contributed by atoms with van der Waals surface area (Å²) in [6.45, 7) is 6.08. The van der Waals surface area contributed by atoms with Crippen LogP contribution in [0.3, 0.4) is 0 Å². The van der Waals surface area contributed by atoms with Crippen molar-refractivity contribution < 1.29 is 17.6 Å². The smallest absolute Gasteiger partial charge is 0.264 e. The Kier molecular flexibility index (Phi) is 7.94. The maximum Gasteiger partial charge on any atom is 0.264 e. The molecule has 1 heterocycles. The van der Waals surface area contributed by atoms with E-state index in [1.165, 1.54) is 54.9 Å². The number of carbonyl (C=O) groups is 1. The van der Waals surface area contributed by atoms with E-state index in [-0.39, 0.29) is 17.1 Å². The first-order valence-electron chi connectivity index (χ1n) is 12.2. The summed E-state index contributed by atoms with van der Waals surface area (Å²) in [5.41, 5.74) is 3.23. The van der Waals surface area contributed by atoms with E-state index in [0.29, 0.717) is 5.92 Å². The van der Waals surface area contributed by atoms with Crippen LogP contribution in [0.25, 0.3) is 0 Å². The first-order chi connectivity index (χ1) is 17.2. The number of nitrogens with zero attached hydrogens (tertiary/aromatic N) is 2. The van der Waals surface area contributed by atoms with Crippen LogP contribution in [0.5, 0.6) is 0 Å². The molecule has 6 nitrogen and oxygen atoms in total. The SMILES string of the molecule is Cc1ccc(S(=O)(=O)N(CC(=O)NCc2ccc(N3CCCC(C)C3)cc2)c2ccc(F)cc2)cc1. The van der Waals surface area contributed by atoms with Gasteiger partial charge in [0, 0.05) is 25.3 Å². The molecule has 1 fully saturated rings. The van der Waals surface area contributed by atoms with E-state index < -0.39 is 28.3 Å². The van der Waals surface area contributed by atoms with Crippen LogP contribution in [-0.2, 0) is 21.4 Å². The molecule has 36 heavy (non-hydrogen) atoms. The van der Waals surface area contributed by atoms with E-state index in [9.17, 15) is 17.6 Å². The molecule has 0 aliphatic carbocycles. The minimum atomic E-state index is -4.04. The van der Waals surface area contributed by atoms with Gasteiger partial charge in [-0.1, -0.05) is 36.8 Å². The molecule has 1 aliphatic rings. The van der Waals surface area contributed by atoms with E-state index in [1.807, 2.05) is 19.1 Å². The Bertz CT molecular complexity index is 1280. The first kappa shape index (κ1) is 25.7. The van der Waals surface area contributed by atoms with Gasteiger partial charge in [-0.05, 0) is 79.8 Å². The standard InChI is InChI=1S/C28H32FN3O3S/c1-21-5-15-27(16-6-21)36(34,35)32(26-13-9-24(29)10-14-26)20-28(33)30-18-23-7-11-25(12-8-23)31-17-3-4-22(2)19-31/h5-16,22H,3-4,17-20H2,1-2H3,(H,30,33). The zero-order valence-corrected chi connectivity index (χ0v) is 21.5. The van der Waals surface area contributed by atoms with E-state index >= 15 is 0 Å². The Balaban J connectivity index is 1.45. The predicted molar refractivity (Wildman–Crippen MR) is 141 cm³/mol. The molecule has 1 N–H and O–H groups in total. The van der Waals surface area contributed by atoms with Crippen LogP contribution in [0.1, 0.15) is 30.9 Å². The minimum absolute atomic E-state index is 0.0628. The number of sulfonamides is 1. The lowest BCUT2D eigenvalue weighted by atomic mass is 9.99.